The third-order valence-electron chi connectivity index (χ3n) is 2.98. The average molecular weight is 250 g/mol. The fourth-order valence-corrected chi connectivity index (χ4v) is 2.74. The van der Waals surface area contributed by atoms with Crippen LogP contribution in [-0.2, 0) is 11.3 Å². The van der Waals surface area contributed by atoms with E-state index < -0.39 is 0 Å². The van der Waals surface area contributed by atoms with Crippen LogP contribution in [0.25, 0.3) is 4.96 Å². The lowest BCUT2D eigenvalue weighted by atomic mass is 10.1. The minimum Gasteiger partial charge on any atom is -0.355 e. The summed E-state index contributed by atoms with van der Waals surface area (Å²) in [7, 11) is 0. The lowest BCUT2D eigenvalue weighted by Crippen LogP contribution is -2.45. The lowest BCUT2D eigenvalue weighted by Gasteiger charge is -2.23. The predicted octanol–water partition coefficient (Wildman–Crippen LogP) is 0.764. The van der Waals surface area contributed by atoms with Crippen LogP contribution in [0.4, 0.5) is 0 Å². The molecule has 2 N–H and O–H groups in total. The van der Waals surface area contributed by atoms with Gasteiger partial charge in [0, 0.05) is 43.3 Å². The zero-order chi connectivity index (χ0) is 11.7. The van der Waals surface area contributed by atoms with Gasteiger partial charge in [-0.2, -0.15) is 0 Å². The summed E-state index contributed by atoms with van der Waals surface area (Å²) in [5, 5.41) is 8.31. The molecule has 1 fully saturated rings. The summed E-state index contributed by atoms with van der Waals surface area (Å²) in [5.41, 5.74) is 1.05. The van der Waals surface area contributed by atoms with Crippen molar-refractivity contribution in [2.45, 2.75) is 25.4 Å². The molecule has 3 rings (SSSR count). The molecule has 0 bridgehead atoms. The van der Waals surface area contributed by atoms with E-state index in [0.717, 1.165) is 30.2 Å². The van der Waals surface area contributed by atoms with Gasteiger partial charge in [0.05, 0.1) is 5.69 Å². The van der Waals surface area contributed by atoms with Crippen molar-refractivity contribution in [2.75, 3.05) is 6.54 Å². The molecule has 3 heterocycles. The topological polar surface area (TPSA) is 58.4 Å². The van der Waals surface area contributed by atoms with Crippen molar-refractivity contribution in [2.24, 2.45) is 0 Å². The van der Waals surface area contributed by atoms with Gasteiger partial charge in [0.1, 0.15) is 0 Å². The molecule has 2 aromatic rings. The van der Waals surface area contributed by atoms with Crippen molar-refractivity contribution in [3.05, 3.63) is 23.5 Å². The third kappa shape index (κ3) is 2.32. The van der Waals surface area contributed by atoms with E-state index in [1.807, 2.05) is 22.2 Å². The summed E-state index contributed by atoms with van der Waals surface area (Å²) < 4.78 is 2.03. The fourth-order valence-electron chi connectivity index (χ4n) is 2.02. The highest BCUT2D eigenvalue weighted by molar-refractivity contribution is 7.15. The van der Waals surface area contributed by atoms with Crippen molar-refractivity contribution in [3.63, 3.8) is 0 Å². The summed E-state index contributed by atoms with van der Waals surface area (Å²) in [6.45, 7) is 1.48. The first-order valence-corrected chi connectivity index (χ1v) is 6.60. The number of amides is 1. The minimum atomic E-state index is 0.158. The molecule has 0 spiro atoms. The van der Waals surface area contributed by atoms with Gasteiger partial charge in [0.2, 0.25) is 5.91 Å². The van der Waals surface area contributed by atoms with Crippen molar-refractivity contribution in [1.29, 1.82) is 0 Å². The summed E-state index contributed by atoms with van der Waals surface area (Å²) >= 11 is 1.64. The highest BCUT2D eigenvalue weighted by Crippen LogP contribution is 2.11. The Morgan fingerprint density at radius 1 is 1.65 bits per heavy atom. The molecule has 0 aromatic carbocycles. The Morgan fingerprint density at radius 2 is 2.59 bits per heavy atom. The number of carbonyl (C=O) groups is 1. The smallest absolute Gasteiger partial charge is 0.220 e. The van der Waals surface area contributed by atoms with Crippen LogP contribution in [0.1, 0.15) is 18.5 Å². The summed E-state index contributed by atoms with van der Waals surface area (Å²) in [6.07, 6.45) is 5.58. The van der Waals surface area contributed by atoms with Crippen LogP contribution in [0.5, 0.6) is 0 Å². The van der Waals surface area contributed by atoms with Crippen molar-refractivity contribution < 1.29 is 4.79 Å². The molecule has 90 valence electrons. The standard InChI is InChI=1S/C11H14N4OS/c16-10-2-1-8(5-13-10)12-6-9-7-15-3-4-17-11(15)14-9/h3-4,7-8,12H,1-2,5-6H2,(H,13,16). The van der Waals surface area contributed by atoms with Gasteiger partial charge in [0.25, 0.3) is 0 Å². The zero-order valence-electron chi connectivity index (χ0n) is 9.35. The van der Waals surface area contributed by atoms with E-state index in [2.05, 4.69) is 15.6 Å². The summed E-state index contributed by atoms with van der Waals surface area (Å²) in [6, 6.07) is 0.368. The molecule has 0 aliphatic carbocycles. The molecule has 5 nitrogen and oxygen atoms in total. The molecule has 17 heavy (non-hydrogen) atoms. The van der Waals surface area contributed by atoms with E-state index in [1.165, 1.54) is 0 Å². The van der Waals surface area contributed by atoms with Crippen LogP contribution in [0.3, 0.4) is 0 Å². The molecule has 1 aliphatic heterocycles. The van der Waals surface area contributed by atoms with Gasteiger partial charge in [-0.3, -0.25) is 9.20 Å². The third-order valence-corrected chi connectivity index (χ3v) is 3.75. The Kier molecular flexibility index (Phi) is 2.82. The molecule has 1 unspecified atom stereocenters. The molecule has 1 amide bonds. The quantitative estimate of drug-likeness (QED) is 0.845. The van der Waals surface area contributed by atoms with E-state index in [-0.39, 0.29) is 5.91 Å². The Labute approximate surface area is 103 Å². The Hall–Kier alpha value is -1.40. The van der Waals surface area contributed by atoms with Gasteiger partial charge in [0.15, 0.2) is 4.96 Å². The monoisotopic (exact) mass is 250 g/mol. The van der Waals surface area contributed by atoms with Crippen LogP contribution < -0.4 is 10.6 Å². The Morgan fingerprint density at radius 3 is 3.35 bits per heavy atom. The average Bonchev–Trinajstić information content (AvgIpc) is 2.88. The molecule has 1 aliphatic rings. The van der Waals surface area contributed by atoms with Crippen LogP contribution in [0, 0.1) is 0 Å². The number of carbonyl (C=O) groups excluding carboxylic acids is 1. The summed E-state index contributed by atoms with van der Waals surface area (Å²) in [5.74, 6) is 0.158. The number of nitrogens with zero attached hydrogens (tertiary/aromatic N) is 2. The Balaban J connectivity index is 1.57. The van der Waals surface area contributed by atoms with Crippen LogP contribution in [0.15, 0.2) is 17.8 Å². The van der Waals surface area contributed by atoms with Gasteiger partial charge in [-0.15, -0.1) is 11.3 Å². The van der Waals surface area contributed by atoms with E-state index in [0.29, 0.717) is 12.5 Å². The van der Waals surface area contributed by atoms with Crippen molar-refractivity contribution in [3.8, 4) is 0 Å². The number of aromatic nitrogens is 2. The number of imidazole rings is 1. The highest BCUT2D eigenvalue weighted by atomic mass is 32.1. The van der Waals surface area contributed by atoms with E-state index in [9.17, 15) is 4.79 Å². The first-order chi connectivity index (χ1) is 8.31. The minimum absolute atomic E-state index is 0.158. The molecule has 1 saturated heterocycles. The second-order valence-corrected chi connectivity index (χ2v) is 5.12. The fraction of sp³-hybridized carbons (Fsp3) is 0.455. The first-order valence-electron chi connectivity index (χ1n) is 5.72. The van der Waals surface area contributed by atoms with Crippen molar-refractivity contribution in [1.82, 2.24) is 20.0 Å². The van der Waals surface area contributed by atoms with E-state index >= 15 is 0 Å². The van der Waals surface area contributed by atoms with Crippen LogP contribution in [-0.4, -0.2) is 27.9 Å². The van der Waals surface area contributed by atoms with Gasteiger partial charge in [-0.25, -0.2) is 4.98 Å². The number of thiazole rings is 1. The van der Waals surface area contributed by atoms with Crippen LogP contribution >= 0.6 is 11.3 Å². The second kappa shape index (κ2) is 4.46. The predicted molar refractivity (Wildman–Crippen MR) is 65.9 cm³/mol. The highest BCUT2D eigenvalue weighted by Gasteiger charge is 2.17. The van der Waals surface area contributed by atoms with E-state index in [4.69, 9.17) is 0 Å². The Bertz CT molecular complexity index is 494. The number of hydrogen-bond donors (Lipinski definition) is 2. The first kappa shape index (κ1) is 10.7. The van der Waals surface area contributed by atoms with Crippen molar-refractivity contribution >= 4 is 22.2 Å². The maximum absolute atomic E-state index is 11.0. The molecule has 2 aromatic heterocycles. The van der Waals surface area contributed by atoms with Gasteiger partial charge >= 0.3 is 0 Å². The number of hydrogen-bond acceptors (Lipinski definition) is 4. The maximum Gasteiger partial charge on any atom is 0.220 e. The normalized spacial score (nSPS) is 20.7. The number of nitrogens with one attached hydrogen (secondary N) is 2. The van der Waals surface area contributed by atoms with Gasteiger partial charge < -0.3 is 10.6 Å². The number of rotatable bonds is 3. The molecule has 6 heteroatoms. The molecular weight excluding hydrogens is 236 g/mol. The van der Waals surface area contributed by atoms with E-state index in [1.54, 1.807) is 11.3 Å². The SMILES string of the molecule is O=C1CCC(NCc2cn3ccsc3n2)CN1. The number of fused-ring (bicyclic) bond motifs is 1. The lowest BCUT2D eigenvalue weighted by molar-refractivity contribution is -0.122. The molecule has 1 atom stereocenters. The summed E-state index contributed by atoms with van der Waals surface area (Å²) in [4.78, 5) is 16.5. The van der Waals surface area contributed by atoms with Gasteiger partial charge in [-0.05, 0) is 6.42 Å². The molecular formula is C11H14N4OS. The second-order valence-electron chi connectivity index (χ2n) is 4.25. The van der Waals surface area contributed by atoms with Gasteiger partial charge in [-0.1, -0.05) is 0 Å². The maximum atomic E-state index is 11.0. The van der Waals surface area contributed by atoms with Crippen LogP contribution in [0.2, 0.25) is 0 Å². The zero-order valence-corrected chi connectivity index (χ0v) is 10.2. The molecule has 0 radical (unpaired) electrons. The number of piperidine rings is 1. The largest absolute Gasteiger partial charge is 0.355 e. The molecule has 0 saturated carbocycles.